The Labute approximate surface area is 93.7 Å². The van der Waals surface area contributed by atoms with Gasteiger partial charge in [0.15, 0.2) is 11.7 Å². The maximum atomic E-state index is 13.3. The summed E-state index contributed by atoms with van der Waals surface area (Å²) >= 11 is 3.05. The number of hydrogen-bond donors (Lipinski definition) is 0. The van der Waals surface area contributed by atoms with Gasteiger partial charge in [-0.3, -0.25) is 0 Å². The summed E-state index contributed by atoms with van der Waals surface area (Å²) in [4.78, 5) is 11.8. The van der Waals surface area contributed by atoms with E-state index in [1.165, 1.54) is 6.26 Å². The lowest BCUT2D eigenvalue weighted by molar-refractivity contribution is 0.521. The smallest absolute Gasteiger partial charge is 0.231 e. The molecule has 0 aliphatic rings. The Morgan fingerprint density at radius 1 is 1.27 bits per heavy atom. The van der Waals surface area contributed by atoms with Gasteiger partial charge in [0.2, 0.25) is 5.95 Å². The molecule has 0 atom stereocenters. The number of aryl methyl sites for hydroxylation is 2. The van der Waals surface area contributed by atoms with Gasteiger partial charge >= 0.3 is 0 Å². The second kappa shape index (κ2) is 3.69. The molecule has 0 aliphatic carbocycles. The van der Waals surface area contributed by atoms with E-state index in [0.29, 0.717) is 17.3 Å². The van der Waals surface area contributed by atoms with Crippen LogP contribution in [0.1, 0.15) is 11.6 Å². The highest BCUT2D eigenvalue weighted by Crippen LogP contribution is 2.21. The highest BCUT2D eigenvalue weighted by molar-refractivity contribution is 9.10. The van der Waals surface area contributed by atoms with E-state index in [4.69, 9.17) is 4.42 Å². The second-order valence-electron chi connectivity index (χ2n) is 2.99. The Morgan fingerprint density at radius 2 is 2.00 bits per heavy atom. The van der Waals surface area contributed by atoms with Gasteiger partial charge in [-0.05, 0) is 22.9 Å². The Hall–Kier alpha value is -1.30. The van der Waals surface area contributed by atoms with Crippen molar-refractivity contribution in [1.82, 2.24) is 15.0 Å². The number of aromatic nitrogens is 3. The third-order valence-corrected chi connectivity index (χ3v) is 2.73. The van der Waals surface area contributed by atoms with Crippen molar-refractivity contribution in [2.45, 2.75) is 13.8 Å². The largest absolute Gasteiger partial charge is 0.449 e. The molecule has 0 radical (unpaired) electrons. The molecule has 2 heterocycles. The summed E-state index contributed by atoms with van der Waals surface area (Å²) in [6, 6.07) is 0. The molecule has 2 aromatic heterocycles. The van der Waals surface area contributed by atoms with E-state index in [1.807, 2.05) is 0 Å². The first-order valence-corrected chi connectivity index (χ1v) is 4.99. The summed E-state index contributed by atoms with van der Waals surface area (Å²) in [6.07, 6.45) is 1.40. The van der Waals surface area contributed by atoms with Crippen molar-refractivity contribution in [3.63, 3.8) is 0 Å². The molecule has 0 bridgehead atoms. The lowest BCUT2D eigenvalue weighted by atomic mass is 10.4. The molecule has 0 saturated heterocycles. The maximum absolute atomic E-state index is 13.3. The molecule has 78 valence electrons. The zero-order chi connectivity index (χ0) is 11.0. The highest BCUT2D eigenvalue weighted by Gasteiger charge is 2.12. The van der Waals surface area contributed by atoms with Crippen molar-refractivity contribution in [1.29, 1.82) is 0 Å². The van der Waals surface area contributed by atoms with E-state index in [-0.39, 0.29) is 10.3 Å². The van der Waals surface area contributed by atoms with E-state index >= 15 is 0 Å². The molecular formula is C9H7BrFN3O. The molecule has 15 heavy (non-hydrogen) atoms. The Balaban J connectivity index is 2.55. The lowest BCUT2D eigenvalue weighted by Crippen LogP contribution is -1.97. The van der Waals surface area contributed by atoms with Crippen LogP contribution in [0.25, 0.3) is 11.5 Å². The van der Waals surface area contributed by atoms with E-state index in [9.17, 15) is 4.39 Å². The average molecular weight is 272 g/mol. The molecule has 0 amide bonds. The number of oxazole rings is 1. The van der Waals surface area contributed by atoms with Crippen molar-refractivity contribution in [2.24, 2.45) is 0 Å². The molecule has 0 N–H and O–H groups in total. The van der Waals surface area contributed by atoms with Crippen LogP contribution in [0.2, 0.25) is 0 Å². The zero-order valence-corrected chi connectivity index (χ0v) is 9.67. The Kier molecular flexibility index (Phi) is 2.52. The highest BCUT2D eigenvalue weighted by atomic mass is 79.9. The van der Waals surface area contributed by atoms with Gasteiger partial charge in [0.25, 0.3) is 0 Å². The normalized spacial score (nSPS) is 10.7. The predicted octanol–water partition coefficient (Wildman–Crippen LogP) is 2.65. The number of halogens is 2. The molecule has 2 rings (SSSR count). The molecule has 0 unspecified atom stereocenters. The summed E-state index contributed by atoms with van der Waals surface area (Å²) in [5.41, 5.74) is 0.958. The fourth-order valence-electron chi connectivity index (χ4n) is 1.10. The van der Waals surface area contributed by atoms with Crippen LogP contribution in [-0.2, 0) is 0 Å². The third kappa shape index (κ3) is 1.90. The molecule has 6 heteroatoms. The first-order valence-electron chi connectivity index (χ1n) is 4.20. The average Bonchev–Trinajstić information content (AvgIpc) is 2.60. The van der Waals surface area contributed by atoms with Gasteiger partial charge in [-0.25, -0.2) is 9.97 Å². The molecule has 4 nitrogen and oxygen atoms in total. The van der Waals surface area contributed by atoms with E-state index in [0.717, 1.165) is 0 Å². The van der Waals surface area contributed by atoms with Crippen LogP contribution in [0.4, 0.5) is 4.39 Å². The van der Waals surface area contributed by atoms with E-state index in [1.54, 1.807) is 13.8 Å². The van der Waals surface area contributed by atoms with Crippen molar-refractivity contribution < 1.29 is 8.81 Å². The monoisotopic (exact) mass is 271 g/mol. The quantitative estimate of drug-likeness (QED) is 0.749. The molecule has 0 aliphatic heterocycles. The van der Waals surface area contributed by atoms with Crippen LogP contribution in [0.3, 0.4) is 0 Å². The van der Waals surface area contributed by atoms with Crippen molar-refractivity contribution in [2.75, 3.05) is 0 Å². The van der Waals surface area contributed by atoms with Gasteiger partial charge in [0, 0.05) is 6.92 Å². The van der Waals surface area contributed by atoms with Gasteiger partial charge in [0.1, 0.15) is 12.0 Å². The first kappa shape index (κ1) is 10.2. The van der Waals surface area contributed by atoms with Crippen LogP contribution >= 0.6 is 15.9 Å². The zero-order valence-electron chi connectivity index (χ0n) is 8.08. The summed E-state index contributed by atoms with van der Waals surface area (Å²) in [5.74, 6) is 0.123. The van der Waals surface area contributed by atoms with Crippen LogP contribution in [-0.4, -0.2) is 15.0 Å². The molecule has 0 fully saturated rings. The van der Waals surface area contributed by atoms with E-state index < -0.39 is 5.95 Å². The number of hydrogen-bond acceptors (Lipinski definition) is 4. The number of nitrogens with zero attached hydrogens (tertiary/aromatic N) is 3. The fourth-order valence-corrected chi connectivity index (χ4v) is 1.28. The molecule has 2 aromatic rings. The first-order chi connectivity index (χ1) is 7.08. The van der Waals surface area contributed by atoms with Crippen LogP contribution in [0.15, 0.2) is 15.2 Å². The van der Waals surface area contributed by atoms with Gasteiger partial charge in [-0.2, -0.15) is 9.37 Å². The van der Waals surface area contributed by atoms with Crippen LogP contribution in [0.5, 0.6) is 0 Å². The van der Waals surface area contributed by atoms with Gasteiger partial charge < -0.3 is 4.42 Å². The molecule has 0 spiro atoms. The van der Waals surface area contributed by atoms with Crippen molar-refractivity contribution in [3.05, 3.63) is 28.3 Å². The minimum absolute atomic E-state index is 0.227. The van der Waals surface area contributed by atoms with E-state index in [2.05, 4.69) is 30.9 Å². The molecule has 0 saturated carbocycles. The van der Waals surface area contributed by atoms with Gasteiger partial charge in [0.05, 0.1) is 10.2 Å². The summed E-state index contributed by atoms with van der Waals surface area (Å²) in [6.45, 7) is 3.39. The Bertz CT molecular complexity index is 489. The fraction of sp³-hybridized carbons (Fsp3) is 0.222. The predicted molar refractivity (Wildman–Crippen MR) is 54.7 cm³/mol. The van der Waals surface area contributed by atoms with Crippen LogP contribution in [0, 0.1) is 19.8 Å². The lowest BCUT2D eigenvalue weighted by Gasteiger charge is -2.00. The third-order valence-electron chi connectivity index (χ3n) is 1.82. The minimum atomic E-state index is -0.599. The van der Waals surface area contributed by atoms with Gasteiger partial charge in [-0.1, -0.05) is 0 Å². The molecule has 0 aromatic carbocycles. The summed E-state index contributed by atoms with van der Waals surface area (Å²) in [5, 5.41) is 0. The summed E-state index contributed by atoms with van der Waals surface area (Å²) in [7, 11) is 0. The van der Waals surface area contributed by atoms with Crippen molar-refractivity contribution in [3.8, 4) is 11.5 Å². The SMILES string of the molecule is Cc1nc(-c2nc(C)c(Br)c(F)n2)co1. The number of rotatable bonds is 1. The minimum Gasteiger partial charge on any atom is -0.449 e. The summed E-state index contributed by atoms with van der Waals surface area (Å²) < 4.78 is 18.5. The van der Waals surface area contributed by atoms with Crippen LogP contribution < -0.4 is 0 Å². The second-order valence-corrected chi connectivity index (χ2v) is 3.78. The van der Waals surface area contributed by atoms with Crippen molar-refractivity contribution >= 4 is 15.9 Å². The maximum Gasteiger partial charge on any atom is 0.231 e. The Morgan fingerprint density at radius 3 is 2.53 bits per heavy atom. The van der Waals surface area contributed by atoms with Gasteiger partial charge in [-0.15, -0.1) is 0 Å². The topological polar surface area (TPSA) is 51.8 Å². The molecular weight excluding hydrogens is 265 g/mol. The standard InChI is InChI=1S/C9H7BrFN3O/c1-4-7(10)8(11)14-9(12-4)6-3-15-5(2)13-6/h3H,1-2H3.